The lowest BCUT2D eigenvalue weighted by molar-refractivity contribution is -0.192. The maximum Gasteiger partial charge on any atom is 0.490 e. The lowest BCUT2D eigenvalue weighted by atomic mass is 9.39. The first kappa shape index (κ1) is 13.0. The molecule has 3 aliphatic carbocycles. The van der Waals surface area contributed by atoms with Crippen molar-refractivity contribution in [1.29, 1.82) is 0 Å². The summed E-state index contributed by atoms with van der Waals surface area (Å²) in [4.78, 5) is 9.18. The zero-order valence-corrected chi connectivity index (χ0v) is 9.74. The molecule has 1 saturated heterocycles. The van der Waals surface area contributed by atoms with Gasteiger partial charge in [0.25, 0.3) is 0 Å². The Labute approximate surface area is 101 Å². The monoisotopic (exact) mass is 271 g/mol. The van der Waals surface area contributed by atoms with Crippen molar-refractivity contribution >= 4 is 17.6 Å². The van der Waals surface area contributed by atoms with Crippen molar-refractivity contribution in [3.8, 4) is 0 Å². The second-order valence-corrected chi connectivity index (χ2v) is 6.00. The van der Waals surface area contributed by atoms with E-state index in [1.807, 2.05) is 0 Å². The zero-order valence-electron chi connectivity index (χ0n) is 8.98. The molecule has 4 fully saturated rings. The highest BCUT2D eigenvalue weighted by atomic mass is 35.5. The highest BCUT2D eigenvalue weighted by Crippen LogP contribution is 2.74. The lowest BCUT2D eigenvalue weighted by Crippen LogP contribution is -2.71. The molecule has 0 spiro atoms. The third kappa shape index (κ3) is 2.25. The molecular weight excluding hydrogens is 259 g/mol. The maximum atomic E-state index is 10.6. The number of halogens is 4. The van der Waals surface area contributed by atoms with E-state index in [0.717, 1.165) is 11.3 Å². The fraction of sp³-hybridized carbons (Fsp3) is 0.900. The van der Waals surface area contributed by atoms with Gasteiger partial charge in [0.2, 0.25) is 0 Å². The molecule has 2 N–H and O–H groups in total. The van der Waals surface area contributed by atoms with Crippen molar-refractivity contribution in [2.45, 2.75) is 30.3 Å². The van der Waals surface area contributed by atoms with Crippen LogP contribution >= 0.6 is 11.6 Å². The smallest absolute Gasteiger partial charge is 0.475 e. The molecule has 0 amide bonds. The van der Waals surface area contributed by atoms with Gasteiger partial charge in [0, 0.05) is 4.87 Å². The molecule has 98 valence electrons. The maximum absolute atomic E-state index is 10.6. The third-order valence-corrected chi connectivity index (χ3v) is 4.30. The molecule has 1 aliphatic heterocycles. The molecule has 4 aliphatic rings. The van der Waals surface area contributed by atoms with Gasteiger partial charge in [-0.25, -0.2) is 4.79 Å². The number of aliphatic carboxylic acids is 1. The molecule has 0 unspecified atom stereocenters. The number of rotatable bonds is 1. The lowest BCUT2D eigenvalue weighted by Gasteiger charge is -2.72. The van der Waals surface area contributed by atoms with E-state index in [4.69, 9.17) is 21.5 Å². The first-order valence-corrected chi connectivity index (χ1v) is 5.75. The summed E-state index contributed by atoms with van der Waals surface area (Å²) in [6, 6.07) is 0. The van der Waals surface area contributed by atoms with Gasteiger partial charge in [-0.2, -0.15) is 13.2 Å². The van der Waals surface area contributed by atoms with Crippen LogP contribution in [0, 0.1) is 11.3 Å². The van der Waals surface area contributed by atoms with Crippen LogP contribution < -0.4 is 5.32 Å². The minimum Gasteiger partial charge on any atom is -0.475 e. The summed E-state index contributed by atoms with van der Waals surface area (Å²) in [5, 5.41) is 10.5. The summed E-state index contributed by atoms with van der Waals surface area (Å²) in [6.07, 6.45) is -1.14. The number of nitrogens with one attached hydrogen (secondary N) is 1. The van der Waals surface area contributed by atoms with Gasteiger partial charge in [-0.3, -0.25) is 0 Å². The Morgan fingerprint density at radius 2 is 1.71 bits per heavy atom. The van der Waals surface area contributed by atoms with Crippen molar-refractivity contribution in [2.75, 3.05) is 13.1 Å². The molecule has 0 aromatic heterocycles. The number of hydrogen-bond donors (Lipinski definition) is 2. The molecular formula is C10H13ClF3NO2. The van der Waals surface area contributed by atoms with Crippen molar-refractivity contribution < 1.29 is 23.1 Å². The average Bonchev–Trinajstić information content (AvgIpc) is 1.95. The molecule has 0 radical (unpaired) electrons. The first-order chi connectivity index (χ1) is 7.67. The zero-order chi connectivity index (χ0) is 12.9. The topological polar surface area (TPSA) is 49.3 Å². The molecule has 1 heterocycles. The molecule has 0 atom stereocenters. The fourth-order valence-corrected chi connectivity index (χ4v) is 3.69. The van der Waals surface area contributed by atoms with Crippen LogP contribution in [0.5, 0.6) is 0 Å². The Balaban J connectivity index is 0.000000139. The van der Waals surface area contributed by atoms with Gasteiger partial charge in [0.1, 0.15) is 0 Å². The van der Waals surface area contributed by atoms with Gasteiger partial charge in [-0.15, -0.1) is 11.6 Å². The van der Waals surface area contributed by atoms with E-state index in [9.17, 15) is 13.2 Å². The summed E-state index contributed by atoms with van der Waals surface area (Å²) in [6.45, 7) is 2.51. The Hall–Kier alpha value is -0.490. The summed E-state index contributed by atoms with van der Waals surface area (Å²) >= 11 is 6.16. The number of alkyl halides is 4. The first-order valence-electron chi connectivity index (χ1n) is 5.37. The molecule has 3 saturated carbocycles. The van der Waals surface area contributed by atoms with Crippen molar-refractivity contribution in [3.05, 3.63) is 0 Å². The van der Waals surface area contributed by atoms with Crippen LogP contribution in [0.4, 0.5) is 13.2 Å². The number of carboxylic acid groups (broad SMARTS) is 1. The summed E-state index contributed by atoms with van der Waals surface area (Å²) in [5.41, 5.74) is 0.729. The molecule has 0 aromatic carbocycles. The molecule has 7 heteroatoms. The van der Waals surface area contributed by atoms with Crippen molar-refractivity contribution in [1.82, 2.24) is 5.32 Å². The quantitative estimate of drug-likeness (QED) is 0.717. The molecule has 2 bridgehead atoms. The number of carboxylic acids is 1. The minimum absolute atomic E-state index is 0.287. The van der Waals surface area contributed by atoms with E-state index < -0.39 is 12.1 Å². The van der Waals surface area contributed by atoms with Gasteiger partial charge in [0.15, 0.2) is 0 Å². The van der Waals surface area contributed by atoms with Crippen LogP contribution in [-0.4, -0.2) is 35.2 Å². The van der Waals surface area contributed by atoms with Gasteiger partial charge in [0.05, 0.1) is 0 Å². The number of carbonyl (C=O) groups is 1. The van der Waals surface area contributed by atoms with Crippen LogP contribution in [0.2, 0.25) is 0 Å². The molecule has 17 heavy (non-hydrogen) atoms. The average molecular weight is 272 g/mol. The predicted octanol–water partition coefficient (Wildman–Crippen LogP) is 2.00. The van der Waals surface area contributed by atoms with Crippen LogP contribution in [0.15, 0.2) is 0 Å². The fourth-order valence-electron chi connectivity index (χ4n) is 2.89. The largest absolute Gasteiger partial charge is 0.490 e. The Bertz CT molecular complexity index is 321. The van der Waals surface area contributed by atoms with Crippen molar-refractivity contribution in [2.24, 2.45) is 11.3 Å². The van der Waals surface area contributed by atoms with Crippen LogP contribution in [0.1, 0.15) is 19.3 Å². The van der Waals surface area contributed by atoms with Crippen LogP contribution in [0.25, 0.3) is 0 Å². The van der Waals surface area contributed by atoms with Gasteiger partial charge in [-0.05, 0) is 43.7 Å². The Morgan fingerprint density at radius 1 is 1.29 bits per heavy atom. The van der Waals surface area contributed by atoms with E-state index in [0.29, 0.717) is 0 Å². The van der Waals surface area contributed by atoms with Crippen molar-refractivity contribution in [3.63, 3.8) is 0 Å². The standard InChI is InChI=1S/C8H12ClN.C2HF3O2/c9-8-3-7(4-8,5-8)6-1-10-2-6;3-2(4,5)1(6)7/h6,10H,1-5H2;(H,6,7). The predicted molar refractivity (Wildman–Crippen MR) is 54.9 cm³/mol. The second kappa shape index (κ2) is 3.75. The summed E-state index contributed by atoms with van der Waals surface area (Å²) in [7, 11) is 0. The molecule has 3 nitrogen and oxygen atoms in total. The van der Waals surface area contributed by atoms with Gasteiger partial charge >= 0.3 is 12.1 Å². The van der Waals surface area contributed by atoms with Gasteiger partial charge < -0.3 is 10.4 Å². The summed E-state index contributed by atoms with van der Waals surface area (Å²) in [5.74, 6) is -1.78. The highest BCUT2D eigenvalue weighted by Gasteiger charge is 2.70. The SMILES string of the molecule is ClC12CC(C3CNC3)(C1)C2.O=C(O)C(F)(F)F. The van der Waals surface area contributed by atoms with E-state index in [1.54, 1.807) is 0 Å². The Kier molecular flexibility index (Phi) is 2.86. The Morgan fingerprint density at radius 3 is 1.88 bits per heavy atom. The molecule has 4 rings (SSSR count). The second-order valence-electron chi connectivity index (χ2n) is 5.20. The normalized spacial score (nSPS) is 39.1. The van der Waals surface area contributed by atoms with E-state index >= 15 is 0 Å². The molecule has 0 aromatic rings. The van der Waals surface area contributed by atoms with E-state index in [-0.39, 0.29) is 4.87 Å². The van der Waals surface area contributed by atoms with E-state index in [2.05, 4.69) is 5.32 Å². The highest BCUT2D eigenvalue weighted by molar-refractivity contribution is 6.26. The van der Waals surface area contributed by atoms with Gasteiger partial charge in [-0.1, -0.05) is 0 Å². The van der Waals surface area contributed by atoms with Crippen LogP contribution in [-0.2, 0) is 4.79 Å². The van der Waals surface area contributed by atoms with E-state index in [1.165, 1.54) is 32.4 Å². The summed E-state index contributed by atoms with van der Waals surface area (Å²) < 4.78 is 31.7. The minimum atomic E-state index is -5.08. The van der Waals surface area contributed by atoms with Crippen LogP contribution in [0.3, 0.4) is 0 Å². The third-order valence-electron chi connectivity index (χ3n) is 3.90. The number of hydrogen-bond acceptors (Lipinski definition) is 2.